The lowest BCUT2D eigenvalue weighted by Gasteiger charge is -2.35. The molecule has 8 nitrogen and oxygen atoms in total. The topological polar surface area (TPSA) is 106 Å². The molecule has 1 fully saturated rings. The smallest absolute Gasteiger partial charge is 0.269 e. The van der Waals surface area contributed by atoms with Crippen molar-refractivity contribution in [3.05, 3.63) is 93.9 Å². The number of nitro benzene ring substituents is 1. The van der Waals surface area contributed by atoms with Crippen LogP contribution in [-0.2, 0) is 10.3 Å². The Morgan fingerprint density at radius 1 is 1.16 bits per heavy atom. The minimum absolute atomic E-state index is 0.0253. The fourth-order valence-electron chi connectivity index (χ4n) is 5.11. The number of para-hydroxylation sites is 1. The van der Waals surface area contributed by atoms with Gasteiger partial charge in [-0.25, -0.2) is 0 Å². The molecule has 3 atom stereocenters. The highest BCUT2D eigenvalue weighted by Crippen LogP contribution is 2.55. The molecule has 0 radical (unpaired) electrons. The summed E-state index contributed by atoms with van der Waals surface area (Å²) >= 11 is 0. The molecule has 0 unspecified atom stereocenters. The summed E-state index contributed by atoms with van der Waals surface area (Å²) in [6, 6.07) is 16.8. The molecule has 0 bridgehead atoms. The number of amides is 1. The van der Waals surface area contributed by atoms with Crippen LogP contribution in [0.2, 0.25) is 0 Å². The van der Waals surface area contributed by atoms with Crippen LogP contribution in [0.5, 0.6) is 0 Å². The summed E-state index contributed by atoms with van der Waals surface area (Å²) in [4.78, 5) is 39.7. The predicted molar refractivity (Wildman–Crippen MR) is 112 cm³/mol. The second-order valence-electron chi connectivity index (χ2n) is 7.92. The number of nitro groups is 1. The predicted octanol–water partition coefficient (Wildman–Crippen LogP) is 3.56. The van der Waals surface area contributed by atoms with Crippen LogP contribution >= 0.6 is 0 Å². The maximum absolute atomic E-state index is 13.7. The number of anilines is 1. The number of fused-ring (bicyclic) bond motifs is 2. The van der Waals surface area contributed by atoms with Gasteiger partial charge >= 0.3 is 0 Å². The van der Waals surface area contributed by atoms with E-state index in [1.54, 1.807) is 24.3 Å². The number of carbonyl (C=O) groups is 2. The molecule has 2 aromatic carbocycles. The molecule has 1 aromatic heterocycles. The normalized spacial score (nSPS) is 24.9. The molecule has 1 saturated heterocycles. The largest absolute Gasteiger partial charge is 0.461 e. The highest BCUT2D eigenvalue weighted by molar-refractivity contribution is 6.11. The number of nitrogens with zero attached hydrogens (tertiary/aromatic N) is 2. The van der Waals surface area contributed by atoms with Gasteiger partial charge in [0, 0.05) is 35.8 Å². The summed E-state index contributed by atoms with van der Waals surface area (Å²) in [5, 5.41) is 14.0. The Labute approximate surface area is 177 Å². The van der Waals surface area contributed by atoms with Gasteiger partial charge in [-0.2, -0.15) is 0 Å². The molecule has 0 aliphatic carbocycles. The van der Waals surface area contributed by atoms with E-state index in [0.29, 0.717) is 12.2 Å². The average Bonchev–Trinajstić information content (AvgIpc) is 3.47. The van der Waals surface area contributed by atoms with Gasteiger partial charge in [-0.1, -0.05) is 30.3 Å². The number of nitrogens with one attached hydrogen (secondary N) is 1. The third-order valence-corrected chi connectivity index (χ3v) is 6.44. The highest BCUT2D eigenvalue weighted by atomic mass is 16.6. The van der Waals surface area contributed by atoms with E-state index in [9.17, 15) is 19.7 Å². The van der Waals surface area contributed by atoms with Gasteiger partial charge in [-0.05, 0) is 30.8 Å². The third-order valence-electron chi connectivity index (χ3n) is 6.44. The zero-order valence-electron chi connectivity index (χ0n) is 16.6. The Balaban J connectivity index is 1.69. The lowest BCUT2D eigenvalue weighted by molar-refractivity contribution is -0.384. The number of Topliss-reactive ketones (excluding diaryl/α,β-unsaturated/α-hetero) is 1. The van der Waals surface area contributed by atoms with Gasteiger partial charge < -0.3 is 9.73 Å². The van der Waals surface area contributed by atoms with E-state index in [1.807, 2.05) is 36.2 Å². The number of hydrogen-bond donors (Lipinski definition) is 1. The van der Waals surface area contributed by atoms with E-state index < -0.39 is 16.4 Å². The van der Waals surface area contributed by atoms with Crippen LogP contribution < -0.4 is 5.32 Å². The lowest BCUT2D eigenvalue weighted by atomic mass is 9.71. The van der Waals surface area contributed by atoms with Crippen LogP contribution in [0.25, 0.3) is 0 Å². The second kappa shape index (κ2) is 6.88. The van der Waals surface area contributed by atoms with E-state index in [1.165, 1.54) is 18.4 Å². The number of ketones is 1. The summed E-state index contributed by atoms with van der Waals surface area (Å²) in [6.07, 6.45) is 1.43. The number of likely N-dealkylation sites (N-methyl/N-ethyl adjacent to an activating group) is 1. The van der Waals surface area contributed by atoms with Crippen molar-refractivity contribution < 1.29 is 18.9 Å². The van der Waals surface area contributed by atoms with Crippen LogP contribution in [0.3, 0.4) is 0 Å². The Bertz CT molecular complexity index is 1190. The van der Waals surface area contributed by atoms with Crippen molar-refractivity contribution in [3.8, 4) is 0 Å². The van der Waals surface area contributed by atoms with Crippen molar-refractivity contribution in [1.82, 2.24) is 4.90 Å². The van der Waals surface area contributed by atoms with E-state index in [-0.39, 0.29) is 29.1 Å². The van der Waals surface area contributed by atoms with Gasteiger partial charge in [0.05, 0.1) is 17.1 Å². The van der Waals surface area contributed by atoms with Gasteiger partial charge in [-0.3, -0.25) is 24.6 Å². The molecule has 5 rings (SSSR count). The number of furan rings is 1. The first-order valence-corrected chi connectivity index (χ1v) is 9.89. The molecular formula is C23H19N3O5. The van der Waals surface area contributed by atoms with Crippen LogP contribution in [0.15, 0.2) is 71.3 Å². The zero-order valence-corrected chi connectivity index (χ0v) is 16.6. The Morgan fingerprint density at radius 2 is 1.90 bits per heavy atom. The monoisotopic (exact) mass is 417 g/mol. The SMILES string of the molecule is CN1C[C@H](c2ccc([N+](=O)[O-])cc2)[C@H](C(=O)c2ccco2)[C@@]12C(=O)Nc1ccccc12. The molecule has 8 heteroatoms. The van der Waals surface area contributed by atoms with Crippen LogP contribution in [0.1, 0.15) is 27.6 Å². The maximum atomic E-state index is 13.7. The van der Waals surface area contributed by atoms with Crippen molar-refractivity contribution in [2.45, 2.75) is 11.5 Å². The van der Waals surface area contributed by atoms with Crippen molar-refractivity contribution in [2.24, 2.45) is 5.92 Å². The summed E-state index contributed by atoms with van der Waals surface area (Å²) in [6.45, 7) is 0.427. The number of non-ortho nitro benzene ring substituents is 1. The third kappa shape index (κ3) is 2.65. The standard InChI is InChI=1S/C23H19N3O5/c1-25-13-16(14-8-10-15(11-9-14)26(29)30)20(21(27)19-7-4-12-31-19)23(25)17-5-2-3-6-18(17)24-22(23)28/h2-12,16,20H,13H2,1H3,(H,24,28)/t16-,20-,23+/m1/s1. The van der Waals surface area contributed by atoms with Crippen molar-refractivity contribution in [1.29, 1.82) is 0 Å². The van der Waals surface area contributed by atoms with Gasteiger partial charge in [-0.15, -0.1) is 0 Å². The quantitative estimate of drug-likeness (QED) is 0.395. The van der Waals surface area contributed by atoms with E-state index in [0.717, 1.165) is 11.1 Å². The first-order valence-electron chi connectivity index (χ1n) is 9.89. The van der Waals surface area contributed by atoms with Crippen LogP contribution in [-0.4, -0.2) is 35.1 Å². The molecule has 0 saturated carbocycles. The summed E-state index contributed by atoms with van der Waals surface area (Å²) in [5.74, 6) is -1.48. The highest BCUT2D eigenvalue weighted by Gasteiger charge is 2.64. The zero-order chi connectivity index (χ0) is 21.8. The van der Waals surface area contributed by atoms with Crippen molar-refractivity contribution in [2.75, 3.05) is 18.9 Å². The molecule has 31 heavy (non-hydrogen) atoms. The van der Waals surface area contributed by atoms with Crippen molar-refractivity contribution in [3.63, 3.8) is 0 Å². The molecule has 3 heterocycles. The lowest BCUT2D eigenvalue weighted by Crippen LogP contribution is -2.51. The van der Waals surface area contributed by atoms with E-state index in [2.05, 4.69) is 5.32 Å². The van der Waals surface area contributed by atoms with Gasteiger partial charge in [0.1, 0.15) is 5.54 Å². The van der Waals surface area contributed by atoms with E-state index in [4.69, 9.17) is 4.42 Å². The molecule has 156 valence electrons. The average molecular weight is 417 g/mol. The number of benzene rings is 2. The Kier molecular flexibility index (Phi) is 4.26. The molecule has 1 spiro atoms. The first kappa shape index (κ1) is 19.2. The molecule has 2 aliphatic rings. The fraction of sp³-hybridized carbons (Fsp3) is 0.217. The maximum Gasteiger partial charge on any atom is 0.269 e. The molecule has 1 N–H and O–H groups in total. The number of hydrogen-bond acceptors (Lipinski definition) is 6. The second-order valence-corrected chi connectivity index (χ2v) is 7.92. The molecule has 1 amide bonds. The van der Waals surface area contributed by atoms with E-state index >= 15 is 0 Å². The molecule has 3 aromatic rings. The first-order chi connectivity index (χ1) is 14.9. The fourth-order valence-corrected chi connectivity index (χ4v) is 5.11. The Morgan fingerprint density at radius 3 is 2.58 bits per heavy atom. The minimum Gasteiger partial charge on any atom is -0.461 e. The number of carbonyl (C=O) groups excluding carboxylic acids is 2. The van der Waals surface area contributed by atoms with Crippen LogP contribution in [0, 0.1) is 16.0 Å². The summed E-state index contributed by atoms with van der Waals surface area (Å²) in [5.41, 5.74) is 0.962. The van der Waals surface area contributed by atoms with Crippen molar-refractivity contribution >= 4 is 23.1 Å². The molecular weight excluding hydrogens is 398 g/mol. The minimum atomic E-state index is -1.20. The summed E-state index contributed by atoms with van der Waals surface area (Å²) in [7, 11) is 1.83. The van der Waals surface area contributed by atoms with Gasteiger partial charge in [0.25, 0.3) is 5.69 Å². The molecule has 2 aliphatic heterocycles. The Hall–Kier alpha value is -3.78. The number of likely N-dealkylation sites (tertiary alicyclic amines) is 1. The van der Waals surface area contributed by atoms with Crippen LogP contribution in [0.4, 0.5) is 11.4 Å². The summed E-state index contributed by atoms with van der Waals surface area (Å²) < 4.78 is 5.41. The van der Waals surface area contributed by atoms with Gasteiger partial charge in [0.2, 0.25) is 11.7 Å². The van der Waals surface area contributed by atoms with Gasteiger partial charge in [0.15, 0.2) is 5.76 Å². The number of rotatable bonds is 4.